The van der Waals surface area contributed by atoms with E-state index in [1.807, 2.05) is 44.2 Å². The van der Waals surface area contributed by atoms with E-state index in [0.29, 0.717) is 0 Å². The van der Waals surface area contributed by atoms with Gasteiger partial charge in [0.15, 0.2) is 0 Å². The van der Waals surface area contributed by atoms with Crippen LogP contribution in [0.4, 0.5) is 0 Å². The second kappa shape index (κ2) is 4.29. The van der Waals surface area contributed by atoms with Gasteiger partial charge in [0, 0.05) is 5.03 Å². The first kappa shape index (κ1) is 10.1. The highest BCUT2D eigenvalue weighted by atomic mass is 35.5. The van der Waals surface area contributed by atoms with E-state index in [1.54, 1.807) is 0 Å². The monoisotopic (exact) mass is 192 g/mol. The largest absolute Gasteiger partial charge is 0.0911 e. The lowest BCUT2D eigenvalue weighted by Gasteiger charge is -1.94. The Kier molecular flexibility index (Phi) is 3.32. The molecule has 0 nitrogen and oxygen atoms in total. The van der Waals surface area contributed by atoms with Gasteiger partial charge in [-0.1, -0.05) is 48.0 Å². The standard InChI is InChI=1S/C12H13Cl/c1-4-5-12(13)11-7-6-9(2)8-10(11)3/h4-8H,3H2,1-2H3/b5-4-,12-11+. The third kappa shape index (κ3) is 2.46. The molecule has 0 saturated carbocycles. The molecule has 68 valence electrons. The van der Waals surface area contributed by atoms with Crippen LogP contribution in [-0.4, -0.2) is 0 Å². The molecule has 0 aliphatic rings. The van der Waals surface area contributed by atoms with Crippen molar-refractivity contribution in [3.63, 3.8) is 0 Å². The predicted octanol–water partition coefficient (Wildman–Crippen LogP) is 2.33. The lowest BCUT2D eigenvalue weighted by atomic mass is 10.2. The first-order valence-corrected chi connectivity index (χ1v) is 4.61. The molecular weight excluding hydrogens is 180 g/mol. The molecule has 0 aliphatic carbocycles. The summed E-state index contributed by atoms with van der Waals surface area (Å²) in [6.07, 6.45) is 3.79. The molecule has 0 N–H and O–H groups in total. The quantitative estimate of drug-likeness (QED) is 0.641. The Labute approximate surface area is 83.9 Å². The maximum atomic E-state index is 6.05. The van der Waals surface area contributed by atoms with E-state index in [9.17, 15) is 0 Å². The molecule has 0 bridgehead atoms. The van der Waals surface area contributed by atoms with Crippen molar-refractivity contribution in [2.45, 2.75) is 13.8 Å². The molecular formula is C12H13Cl. The van der Waals surface area contributed by atoms with E-state index in [4.69, 9.17) is 11.6 Å². The van der Waals surface area contributed by atoms with Gasteiger partial charge in [-0.3, -0.25) is 0 Å². The summed E-state index contributed by atoms with van der Waals surface area (Å²) in [5, 5.41) is 2.72. The molecule has 0 spiro atoms. The Balaban J connectivity index is 3.47. The predicted molar refractivity (Wildman–Crippen MR) is 60.0 cm³/mol. The third-order valence-electron chi connectivity index (χ3n) is 1.83. The van der Waals surface area contributed by atoms with Crippen molar-refractivity contribution in [3.8, 4) is 0 Å². The zero-order valence-electron chi connectivity index (χ0n) is 7.97. The van der Waals surface area contributed by atoms with Crippen molar-refractivity contribution in [1.29, 1.82) is 0 Å². The normalized spacial score (nSPS) is 13.5. The smallest absolute Gasteiger partial charge is 0.0480 e. The molecule has 0 unspecified atom stereocenters. The van der Waals surface area contributed by atoms with E-state index >= 15 is 0 Å². The van der Waals surface area contributed by atoms with Gasteiger partial charge < -0.3 is 0 Å². The molecule has 0 heterocycles. The third-order valence-corrected chi connectivity index (χ3v) is 2.16. The van der Waals surface area contributed by atoms with Crippen LogP contribution in [0.3, 0.4) is 0 Å². The van der Waals surface area contributed by atoms with Crippen LogP contribution in [0.5, 0.6) is 0 Å². The average molecular weight is 193 g/mol. The van der Waals surface area contributed by atoms with Crippen LogP contribution in [0, 0.1) is 6.92 Å². The molecule has 13 heavy (non-hydrogen) atoms. The van der Waals surface area contributed by atoms with Crippen LogP contribution in [0.1, 0.15) is 12.5 Å². The number of allylic oxidation sites excluding steroid dienone is 2. The average Bonchev–Trinajstić information content (AvgIpc) is 2.04. The molecule has 0 radical (unpaired) electrons. The molecule has 0 aromatic heterocycles. The summed E-state index contributed by atoms with van der Waals surface area (Å²) in [6, 6.07) is 6.07. The number of hydrogen-bond donors (Lipinski definition) is 0. The molecule has 0 atom stereocenters. The fourth-order valence-corrected chi connectivity index (χ4v) is 1.50. The van der Waals surface area contributed by atoms with E-state index in [2.05, 4.69) is 6.58 Å². The van der Waals surface area contributed by atoms with Crippen LogP contribution < -0.4 is 10.4 Å². The summed E-state index contributed by atoms with van der Waals surface area (Å²) in [4.78, 5) is 0. The van der Waals surface area contributed by atoms with Gasteiger partial charge in [-0.15, -0.1) is 0 Å². The topological polar surface area (TPSA) is 0 Å². The van der Waals surface area contributed by atoms with Gasteiger partial charge in [0.2, 0.25) is 0 Å². The van der Waals surface area contributed by atoms with Crippen LogP contribution in [0.15, 0.2) is 30.4 Å². The minimum Gasteiger partial charge on any atom is -0.0911 e. The van der Waals surface area contributed by atoms with Crippen molar-refractivity contribution in [3.05, 3.63) is 46.4 Å². The molecule has 1 rings (SSSR count). The van der Waals surface area contributed by atoms with Gasteiger partial charge in [0.25, 0.3) is 0 Å². The van der Waals surface area contributed by atoms with E-state index in [1.165, 1.54) is 5.56 Å². The highest BCUT2D eigenvalue weighted by Gasteiger charge is 1.90. The maximum Gasteiger partial charge on any atom is 0.0480 e. The van der Waals surface area contributed by atoms with Crippen molar-refractivity contribution in [2.24, 2.45) is 0 Å². The lowest BCUT2D eigenvalue weighted by Crippen LogP contribution is -2.23. The van der Waals surface area contributed by atoms with Crippen molar-refractivity contribution >= 4 is 23.2 Å². The highest BCUT2D eigenvalue weighted by Crippen LogP contribution is 2.00. The summed E-state index contributed by atoms with van der Waals surface area (Å²) in [5.74, 6) is 0. The number of rotatable bonds is 1. The Bertz CT molecular complexity index is 427. The van der Waals surface area contributed by atoms with Gasteiger partial charge in [-0.2, -0.15) is 0 Å². The van der Waals surface area contributed by atoms with Crippen LogP contribution in [-0.2, 0) is 0 Å². The van der Waals surface area contributed by atoms with E-state index in [0.717, 1.165) is 15.5 Å². The highest BCUT2D eigenvalue weighted by molar-refractivity contribution is 6.47. The lowest BCUT2D eigenvalue weighted by molar-refractivity contribution is 1.40. The first-order valence-electron chi connectivity index (χ1n) is 4.23. The molecule has 1 aromatic rings. The van der Waals surface area contributed by atoms with Gasteiger partial charge >= 0.3 is 0 Å². The van der Waals surface area contributed by atoms with E-state index in [-0.39, 0.29) is 0 Å². The maximum absolute atomic E-state index is 6.05. The van der Waals surface area contributed by atoms with Gasteiger partial charge in [0.05, 0.1) is 0 Å². The molecule has 0 amide bonds. The molecule has 1 aromatic carbocycles. The van der Waals surface area contributed by atoms with Crippen molar-refractivity contribution < 1.29 is 0 Å². The van der Waals surface area contributed by atoms with Crippen LogP contribution in [0.25, 0.3) is 11.6 Å². The summed E-state index contributed by atoms with van der Waals surface area (Å²) >= 11 is 6.05. The van der Waals surface area contributed by atoms with Crippen molar-refractivity contribution in [2.75, 3.05) is 0 Å². The second-order valence-corrected chi connectivity index (χ2v) is 3.42. The molecule has 1 heteroatoms. The summed E-state index contributed by atoms with van der Waals surface area (Å²) in [7, 11) is 0. The van der Waals surface area contributed by atoms with Crippen molar-refractivity contribution in [1.82, 2.24) is 0 Å². The van der Waals surface area contributed by atoms with Gasteiger partial charge in [-0.25, -0.2) is 0 Å². The zero-order chi connectivity index (χ0) is 9.84. The Morgan fingerprint density at radius 2 is 2.15 bits per heavy atom. The fraction of sp³-hybridized carbons (Fsp3) is 0.167. The second-order valence-electron chi connectivity index (χ2n) is 3.01. The number of hydrogen-bond acceptors (Lipinski definition) is 0. The van der Waals surface area contributed by atoms with Crippen LogP contribution >= 0.6 is 11.6 Å². The van der Waals surface area contributed by atoms with Crippen LogP contribution in [0.2, 0.25) is 0 Å². The fourth-order valence-electron chi connectivity index (χ4n) is 1.19. The molecule has 0 aliphatic heterocycles. The minimum atomic E-state index is 0.743. The number of benzene rings is 1. The summed E-state index contributed by atoms with van der Waals surface area (Å²) in [6.45, 7) is 7.93. The Hall–Kier alpha value is -1.01. The summed E-state index contributed by atoms with van der Waals surface area (Å²) < 4.78 is 0. The van der Waals surface area contributed by atoms with Gasteiger partial charge in [-0.05, 0) is 30.4 Å². The van der Waals surface area contributed by atoms with E-state index < -0.39 is 0 Å². The number of halogens is 1. The SMILES string of the molecule is C=c1cc(C)cc/c1=C(Cl)/C=C\C. The first-order chi connectivity index (χ1) is 6.15. The Morgan fingerprint density at radius 3 is 2.69 bits per heavy atom. The molecule has 0 fully saturated rings. The number of aryl methyl sites for hydroxylation is 1. The molecule has 0 saturated heterocycles. The minimum absolute atomic E-state index is 0.743. The van der Waals surface area contributed by atoms with Gasteiger partial charge in [0.1, 0.15) is 0 Å². The Morgan fingerprint density at radius 1 is 1.46 bits per heavy atom. The zero-order valence-corrected chi connectivity index (χ0v) is 8.73. The summed E-state index contributed by atoms with van der Waals surface area (Å²) in [5.41, 5.74) is 1.21.